The SMILES string of the molecule is CNC(c1ccco1)C(C)C1CC1. The van der Waals surface area contributed by atoms with Gasteiger partial charge in [-0.3, -0.25) is 0 Å². The number of furan rings is 1. The smallest absolute Gasteiger partial charge is 0.120 e. The summed E-state index contributed by atoms with van der Waals surface area (Å²) in [5.41, 5.74) is 0. The molecule has 1 aliphatic carbocycles. The summed E-state index contributed by atoms with van der Waals surface area (Å²) in [6, 6.07) is 4.40. The van der Waals surface area contributed by atoms with Crippen molar-refractivity contribution in [2.24, 2.45) is 11.8 Å². The van der Waals surface area contributed by atoms with E-state index >= 15 is 0 Å². The fourth-order valence-electron chi connectivity index (χ4n) is 2.03. The predicted molar refractivity (Wildman–Crippen MR) is 52.4 cm³/mol. The van der Waals surface area contributed by atoms with E-state index in [4.69, 9.17) is 4.42 Å². The van der Waals surface area contributed by atoms with Gasteiger partial charge in [0.1, 0.15) is 5.76 Å². The second-order valence-corrected chi connectivity index (χ2v) is 3.98. The molecule has 2 nitrogen and oxygen atoms in total. The number of hydrogen-bond acceptors (Lipinski definition) is 2. The molecule has 0 saturated heterocycles. The lowest BCUT2D eigenvalue weighted by Gasteiger charge is -2.21. The van der Waals surface area contributed by atoms with Gasteiger partial charge in [-0.2, -0.15) is 0 Å². The van der Waals surface area contributed by atoms with Gasteiger partial charge in [0, 0.05) is 0 Å². The Morgan fingerprint density at radius 1 is 1.54 bits per heavy atom. The highest BCUT2D eigenvalue weighted by molar-refractivity contribution is 5.07. The minimum atomic E-state index is 0.391. The lowest BCUT2D eigenvalue weighted by molar-refractivity contribution is 0.315. The Balaban J connectivity index is 2.08. The maximum absolute atomic E-state index is 5.42. The first-order valence-corrected chi connectivity index (χ1v) is 5.03. The van der Waals surface area contributed by atoms with Gasteiger partial charge in [0.15, 0.2) is 0 Å². The van der Waals surface area contributed by atoms with Crippen LogP contribution in [0.3, 0.4) is 0 Å². The van der Waals surface area contributed by atoms with Crippen LogP contribution in [0, 0.1) is 11.8 Å². The van der Waals surface area contributed by atoms with E-state index in [1.54, 1.807) is 6.26 Å². The highest BCUT2D eigenvalue weighted by atomic mass is 16.3. The maximum atomic E-state index is 5.42. The summed E-state index contributed by atoms with van der Waals surface area (Å²) < 4.78 is 5.42. The molecule has 0 spiro atoms. The largest absolute Gasteiger partial charge is 0.468 e. The Bertz CT molecular complexity index is 251. The second-order valence-electron chi connectivity index (χ2n) is 3.98. The third-order valence-electron chi connectivity index (χ3n) is 3.05. The van der Waals surface area contributed by atoms with Crippen LogP contribution in [0.2, 0.25) is 0 Å². The first-order valence-electron chi connectivity index (χ1n) is 5.03. The van der Waals surface area contributed by atoms with Crippen molar-refractivity contribution in [1.82, 2.24) is 5.32 Å². The summed E-state index contributed by atoms with van der Waals surface area (Å²) >= 11 is 0. The molecule has 72 valence electrons. The molecular formula is C11H17NO. The van der Waals surface area contributed by atoms with Crippen molar-refractivity contribution in [2.75, 3.05) is 7.05 Å². The third kappa shape index (κ3) is 1.78. The number of hydrogen-bond donors (Lipinski definition) is 1. The summed E-state index contributed by atoms with van der Waals surface area (Å²) in [6.07, 6.45) is 4.53. The van der Waals surface area contributed by atoms with E-state index in [0.29, 0.717) is 12.0 Å². The van der Waals surface area contributed by atoms with Gasteiger partial charge < -0.3 is 9.73 Å². The van der Waals surface area contributed by atoms with Gasteiger partial charge in [0.05, 0.1) is 12.3 Å². The molecule has 1 N–H and O–H groups in total. The first kappa shape index (κ1) is 8.82. The fraction of sp³-hybridized carbons (Fsp3) is 0.636. The van der Waals surface area contributed by atoms with Crippen LogP contribution in [0.25, 0.3) is 0 Å². The molecule has 1 aromatic heterocycles. The molecule has 1 aliphatic rings. The van der Waals surface area contributed by atoms with E-state index < -0.39 is 0 Å². The molecule has 0 bridgehead atoms. The molecule has 2 atom stereocenters. The average molecular weight is 179 g/mol. The quantitative estimate of drug-likeness (QED) is 0.768. The molecule has 2 heteroatoms. The molecule has 0 amide bonds. The van der Waals surface area contributed by atoms with Crippen molar-refractivity contribution in [3.8, 4) is 0 Å². The minimum Gasteiger partial charge on any atom is -0.468 e. The molecule has 1 aromatic rings. The monoisotopic (exact) mass is 179 g/mol. The van der Waals surface area contributed by atoms with Crippen molar-refractivity contribution in [1.29, 1.82) is 0 Å². The Morgan fingerprint density at radius 2 is 2.31 bits per heavy atom. The Morgan fingerprint density at radius 3 is 2.77 bits per heavy atom. The van der Waals surface area contributed by atoms with Crippen LogP contribution in [0.15, 0.2) is 22.8 Å². The first-order chi connectivity index (χ1) is 6.33. The molecule has 1 heterocycles. The standard InChI is InChI=1S/C11H17NO/c1-8(9-5-6-9)11(12-2)10-4-3-7-13-10/h3-4,7-9,11-12H,5-6H2,1-2H3. The van der Waals surface area contributed by atoms with Crippen LogP contribution in [0.1, 0.15) is 31.6 Å². The van der Waals surface area contributed by atoms with Crippen LogP contribution < -0.4 is 5.32 Å². The van der Waals surface area contributed by atoms with Crippen molar-refractivity contribution in [3.05, 3.63) is 24.2 Å². The van der Waals surface area contributed by atoms with Crippen LogP contribution >= 0.6 is 0 Å². The van der Waals surface area contributed by atoms with E-state index in [-0.39, 0.29) is 0 Å². The molecule has 2 unspecified atom stereocenters. The van der Waals surface area contributed by atoms with Crippen LogP contribution in [0.4, 0.5) is 0 Å². The zero-order valence-electron chi connectivity index (χ0n) is 8.29. The Hall–Kier alpha value is -0.760. The molecule has 0 aliphatic heterocycles. The minimum absolute atomic E-state index is 0.391. The van der Waals surface area contributed by atoms with Crippen molar-refractivity contribution >= 4 is 0 Å². The van der Waals surface area contributed by atoms with Gasteiger partial charge in [0.25, 0.3) is 0 Å². The van der Waals surface area contributed by atoms with E-state index in [1.165, 1.54) is 12.8 Å². The Kier molecular flexibility index (Phi) is 2.40. The topological polar surface area (TPSA) is 25.2 Å². The normalized spacial score (nSPS) is 21.4. The van der Waals surface area contributed by atoms with E-state index in [2.05, 4.69) is 18.3 Å². The summed E-state index contributed by atoms with van der Waals surface area (Å²) in [5.74, 6) is 2.67. The van der Waals surface area contributed by atoms with Crippen LogP contribution in [0.5, 0.6) is 0 Å². The summed E-state index contributed by atoms with van der Waals surface area (Å²) in [7, 11) is 2.01. The molecule has 1 saturated carbocycles. The summed E-state index contributed by atoms with van der Waals surface area (Å²) in [5, 5.41) is 3.33. The molecule has 2 rings (SSSR count). The zero-order valence-corrected chi connectivity index (χ0v) is 8.29. The maximum Gasteiger partial charge on any atom is 0.120 e. The number of nitrogens with one attached hydrogen (secondary N) is 1. The molecule has 0 radical (unpaired) electrons. The van der Waals surface area contributed by atoms with Gasteiger partial charge >= 0.3 is 0 Å². The highest BCUT2D eigenvalue weighted by Gasteiger charge is 2.34. The van der Waals surface area contributed by atoms with Gasteiger partial charge in [-0.1, -0.05) is 6.92 Å². The molecule has 1 fully saturated rings. The lowest BCUT2D eigenvalue weighted by atomic mass is 9.95. The molecule has 13 heavy (non-hydrogen) atoms. The third-order valence-corrected chi connectivity index (χ3v) is 3.05. The summed E-state index contributed by atoms with van der Waals surface area (Å²) in [4.78, 5) is 0. The molecule has 0 aromatic carbocycles. The molecular weight excluding hydrogens is 162 g/mol. The summed E-state index contributed by atoms with van der Waals surface area (Å²) in [6.45, 7) is 2.31. The van der Waals surface area contributed by atoms with Crippen LogP contribution in [-0.4, -0.2) is 7.05 Å². The van der Waals surface area contributed by atoms with Crippen molar-refractivity contribution < 1.29 is 4.42 Å². The van der Waals surface area contributed by atoms with Gasteiger partial charge in [0.2, 0.25) is 0 Å². The van der Waals surface area contributed by atoms with E-state index in [9.17, 15) is 0 Å². The van der Waals surface area contributed by atoms with Crippen LogP contribution in [-0.2, 0) is 0 Å². The van der Waals surface area contributed by atoms with Crippen molar-refractivity contribution in [3.63, 3.8) is 0 Å². The van der Waals surface area contributed by atoms with Crippen molar-refractivity contribution in [2.45, 2.75) is 25.8 Å². The fourth-order valence-corrected chi connectivity index (χ4v) is 2.03. The highest BCUT2D eigenvalue weighted by Crippen LogP contribution is 2.42. The van der Waals surface area contributed by atoms with E-state index in [0.717, 1.165) is 11.7 Å². The lowest BCUT2D eigenvalue weighted by Crippen LogP contribution is -2.24. The van der Waals surface area contributed by atoms with E-state index in [1.807, 2.05) is 13.1 Å². The van der Waals surface area contributed by atoms with Gasteiger partial charge in [-0.25, -0.2) is 0 Å². The predicted octanol–water partition coefficient (Wildman–Crippen LogP) is 2.59. The average Bonchev–Trinajstić information content (AvgIpc) is 2.86. The van der Waals surface area contributed by atoms with Gasteiger partial charge in [-0.05, 0) is 43.9 Å². The van der Waals surface area contributed by atoms with Gasteiger partial charge in [-0.15, -0.1) is 0 Å². The second kappa shape index (κ2) is 3.54. The Labute approximate surface area is 79.3 Å². The number of rotatable bonds is 4. The zero-order chi connectivity index (χ0) is 9.26.